The number of rotatable bonds is 7. The highest BCUT2D eigenvalue weighted by Crippen LogP contribution is 2.20. The summed E-state index contributed by atoms with van der Waals surface area (Å²) in [5, 5.41) is 2.85. The maximum atomic E-state index is 13.5. The molecule has 2 aromatic carbocycles. The minimum atomic E-state index is -0.817. The molecular formula is C18H17ClFNO3S. The van der Waals surface area contributed by atoms with Crippen LogP contribution < -0.4 is 5.32 Å². The molecule has 0 saturated carbocycles. The van der Waals surface area contributed by atoms with E-state index in [-0.39, 0.29) is 12.4 Å². The molecule has 0 unspecified atom stereocenters. The van der Waals surface area contributed by atoms with Gasteiger partial charge in [-0.05, 0) is 31.2 Å². The Kier molecular flexibility index (Phi) is 7.28. The van der Waals surface area contributed by atoms with Crippen molar-refractivity contribution in [2.45, 2.75) is 17.9 Å². The molecule has 2 aromatic rings. The molecule has 0 aliphatic rings. The zero-order chi connectivity index (χ0) is 18.2. The van der Waals surface area contributed by atoms with Crippen LogP contribution in [0.2, 0.25) is 5.02 Å². The van der Waals surface area contributed by atoms with Gasteiger partial charge in [0.1, 0.15) is 18.5 Å². The Morgan fingerprint density at radius 1 is 1.20 bits per heavy atom. The van der Waals surface area contributed by atoms with E-state index in [1.807, 2.05) is 0 Å². The number of amides is 1. The molecule has 1 atom stereocenters. The summed E-state index contributed by atoms with van der Waals surface area (Å²) in [7, 11) is 0. The smallest absolute Gasteiger partial charge is 0.328 e. The van der Waals surface area contributed by atoms with Crippen molar-refractivity contribution in [2.75, 3.05) is 12.4 Å². The third-order valence-electron chi connectivity index (χ3n) is 3.24. The standard InChI is InChI=1S/C18H17ClFNO3S/c1-12(21-17(22)13-6-2-3-7-14(13)19)18(23)24-10-11-25-16-9-5-4-8-15(16)20/h2-9,12H,10-11H2,1H3,(H,21,22)/t12-/m0/s1. The van der Waals surface area contributed by atoms with Crippen LogP contribution in [0.3, 0.4) is 0 Å². The van der Waals surface area contributed by atoms with Gasteiger partial charge >= 0.3 is 5.97 Å². The maximum Gasteiger partial charge on any atom is 0.328 e. The molecule has 1 amide bonds. The minimum Gasteiger partial charge on any atom is -0.463 e. The normalized spacial score (nSPS) is 11.6. The summed E-state index contributed by atoms with van der Waals surface area (Å²) in [6, 6.07) is 12.1. The van der Waals surface area contributed by atoms with Crippen LogP contribution in [0.5, 0.6) is 0 Å². The third-order valence-corrected chi connectivity index (χ3v) is 4.58. The SMILES string of the molecule is C[C@H](NC(=O)c1ccccc1Cl)C(=O)OCCSc1ccccc1F. The number of hydrogen-bond acceptors (Lipinski definition) is 4. The van der Waals surface area contributed by atoms with Crippen molar-refractivity contribution in [1.82, 2.24) is 5.32 Å². The Hall–Kier alpha value is -2.05. The first-order chi connectivity index (χ1) is 12.0. The van der Waals surface area contributed by atoms with Gasteiger partial charge < -0.3 is 10.1 Å². The molecule has 7 heteroatoms. The maximum absolute atomic E-state index is 13.5. The molecule has 1 N–H and O–H groups in total. The molecule has 25 heavy (non-hydrogen) atoms. The summed E-state index contributed by atoms with van der Waals surface area (Å²) >= 11 is 7.20. The van der Waals surface area contributed by atoms with E-state index in [0.717, 1.165) is 0 Å². The molecular weight excluding hydrogens is 365 g/mol. The van der Waals surface area contributed by atoms with Crippen molar-refractivity contribution < 1.29 is 18.7 Å². The third kappa shape index (κ3) is 5.76. The van der Waals surface area contributed by atoms with E-state index in [1.165, 1.54) is 24.8 Å². The number of nitrogens with one attached hydrogen (secondary N) is 1. The number of benzene rings is 2. The predicted octanol–water partition coefficient (Wildman–Crippen LogP) is 3.93. The summed E-state index contributed by atoms with van der Waals surface area (Å²) in [6.07, 6.45) is 0. The second kappa shape index (κ2) is 9.44. The molecule has 0 aromatic heterocycles. The Balaban J connectivity index is 1.76. The molecule has 132 valence electrons. The van der Waals surface area contributed by atoms with Gasteiger partial charge in [-0.15, -0.1) is 11.8 Å². The number of halogens is 2. The van der Waals surface area contributed by atoms with E-state index in [1.54, 1.807) is 42.5 Å². The monoisotopic (exact) mass is 381 g/mol. The summed E-state index contributed by atoms with van der Waals surface area (Å²) in [6.45, 7) is 1.64. The summed E-state index contributed by atoms with van der Waals surface area (Å²) in [5.74, 6) is -0.901. The van der Waals surface area contributed by atoms with Crippen molar-refractivity contribution in [3.8, 4) is 0 Å². The van der Waals surface area contributed by atoms with Gasteiger partial charge in [0.05, 0.1) is 10.6 Å². The summed E-state index contributed by atoms with van der Waals surface area (Å²) < 4.78 is 18.6. The Morgan fingerprint density at radius 3 is 2.60 bits per heavy atom. The first-order valence-corrected chi connectivity index (χ1v) is 8.94. The van der Waals surface area contributed by atoms with Gasteiger partial charge in [0.2, 0.25) is 0 Å². The largest absolute Gasteiger partial charge is 0.463 e. The molecule has 0 saturated heterocycles. The van der Waals surface area contributed by atoms with Gasteiger partial charge in [-0.1, -0.05) is 35.9 Å². The van der Waals surface area contributed by atoms with Gasteiger partial charge in [0.15, 0.2) is 0 Å². The van der Waals surface area contributed by atoms with Gasteiger partial charge in [-0.25, -0.2) is 9.18 Å². The molecule has 0 radical (unpaired) electrons. The molecule has 0 heterocycles. The van der Waals surface area contributed by atoms with Crippen molar-refractivity contribution in [3.63, 3.8) is 0 Å². The first kappa shape index (κ1) is 19.3. The number of carbonyl (C=O) groups is 2. The van der Waals surface area contributed by atoms with Crippen molar-refractivity contribution in [2.24, 2.45) is 0 Å². The van der Waals surface area contributed by atoms with Crippen LogP contribution in [-0.4, -0.2) is 30.3 Å². The summed E-state index contributed by atoms with van der Waals surface area (Å²) in [5.41, 5.74) is 0.291. The Morgan fingerprint density at radius 2 is 1.88 bits per heavy atom. The first-order valence-electron chi connectivity index (χ1n) is 7.58. The molecule has 0 aliphatic heterocycles. The van der Waals surface area contributed by atoms with Crippen LogP contribution in [0.1, 0.15) is 17.3 Å². The molecule has 0 bridgehead atoms. The average Bonchev–Trinajstić information content (AvgIpc) is 2.60. The van der Waals surface area contributed by atoms with E-state index < -0.39 is 17.9 Å². The van der Waals surface area contributed by atoms with Crippen LogP contribution in [-0.2, 0) is 9.53 Å². The quantitative estimate of drug-likeness (QED) is 0.448. The predicted molar refractivity (Wildman–Crippen MR) is 96.5 cm³/mol. The lowest BCUT2D eigenvalue weighted by molar-refractivity contribution is -0.144. The number of esters is 1. The highest BCUT2D eigenvalue weighted by molar-refractivity contribution is 7.99. The molecule has 2 rings (SSSR count). The lowest BCUT2D eigenvalue weighted by Gasteiger charge is -2.14. The molecule has 0 spiro atoms. The van der Waals surface area contributed by atoms with Crippen LogP contribution in [0.4, 0.5) is 4.39 Å². The molecule has 0 aliphatic carbocycles. The Labute approximate surface area is 154 Å². The van der Waals surface area contributed by atoms with E-state index in [4.69, 9.17) is 16.3 Å². The van der Waals surface area contributed by atoms with Gasteiger partial charge in [0, 0.05) is 10.6 Å². The fraction of sp³-hybridized carbons (Fsp3) is 0.222. The minimum absolute atomic E-state index is 0.115. The second-order valence-electron chi connectivity index (χ2n) is 5.12. The lowest BCUT2D eigenvalue weighted by atomic mass is 10.2. The molecule has 0 fully saturated rings. The van der Waals surface area contributed by atoms with Crippen LogP contribution in [0.25, 0.3) is 0 Å². The van der Waals surface area contributed by atoms with Crippen LogP contribution in [0.15, 0.2) is 53.4 Å². The zero-order valence-corrected chi connectivity index (χ0v) is 15.1. The number of ether oxygens (including phenoxy) is 1. The van der Waals surface area contributed by atoms with Crippen molar-refractivity contribution in [3.05, 3.63) is 64.9 Å². The summed E-state index contributed by atoms with van der Waals surface area (Å²) in [4.78, 5) is 24.5. The Bertz CT molecular complexity index is 757. The van der Waals surface area contributed by atoms with Gasteiger partial charge in [-0.2, -0.15) is 0 Å². The molecule has 4 nitrogen and oxygen atoms in total. The lowest BCUT2D eigenvalue weighted by Crippen LogP contribution is -2.39. The van der Waals surface area contributed by atoms with Gasteiger partial charge in [0.25, 0.3) is 5.91 Å². The van der Waals surface area contributed by atoms with Crippen molar-refractivity contribution in [1.29, 1.82) is 0 Å². The van der Waals surface area contributed by atoms with E-state index in [2.05, 4.69) is 5.32 Å². The highest BCUT2D eigenvalue weighted by atomic mass is 35.5. The average molecular weight is 382 g/mol. The number of thioether (sulfide) groups is 1. The van der Waals surface area contributed by atoms with E-state index >= 15 is 0 Å². The van der Waals surface area contributed by atoms with E-state index in [9.17, 15) is 14.0 Å². The number of carbonyl (C=O) groups excluding carboxylic acids is 2. The highest BCUT2D eigenvalue weighted by Gasteiger charge is 2.19. The van der Waals surface area contributed by atoms with Crippen LogP contribution in [0, 0.1) is 5.82 Å². The zero-order valence-electron chi connectivity index (χ0n) is 13.5. The fourth-order valence-electron chi connectivity index (χ4n) is 1.96. The fourth-order valence-corrected chi connectivity index (χ4v) is 2.95. The van der Waals surface area contributed by atoms with Gasteiger partial charge in [-0.3, -0.25) is 4.79 Å². The second-order valence-corrected chi connectivity index (χ2v) is 6.67. The topological polar surface area (TPSA) is 55.4 Å². The van der Waals surface area contributed by atoms with E-state index in [0.29, 0.717) is 21.2 Å². The van der Waals surface area contributed by atoms with Crippen LogP contribution >= 0.6 is 23.4 Å². The number of hydrogen-bond donors (Lipinski definition) is 1. The van der Waals surface area contributed by atoms with Crippen molar-refractivity contribution >= 4 is 35.2 Å².